The molecule has 0 atom stereocenters. The van der Waals surface area contributed by atoms with Crippen LogP contribution < -0.4 is 10.7 Å². The predicted molar refractivity (Wildman–Crippen MR) is 89.3 cm³/mol. The molecule has 2 heterocycles. The van der Waals surface area contributed by atoms with E-state index in [2.05, 4.69) is 15.4 Å². The Morgan fingerprint density at radius 3 is 2.71 bits per heavy atom. The Morgan fingerprint density at radius 2 is 2.04 bits per heavy atom. The van der Waals surface area contributed by atoms with E-state index in [1.165, 1.54) is 34.2 Å². The highest BCUT2D eigenvalue weighted by atomic mass is 32.1. The van der Waals surface area contributed by atoms with Crippen LogP contribution in [0.2, 0.25) is 0 Å². The number of amides is 1. The summed E-state index contributed by atoms with van der Waals surface area (Å²) < 4.78 is 15.2. The maximum atomic E-state index is 14.0. The maximum absolute atomic E-state index is 14.0. The lowest BCUT2D eigenvalue weighted by Gasteiger charge is -2.11. The number of nitrogens with one attached hydrogen (secondary N) is 1. The van der Waals surface area contributed by atoms with E-state index in [4.69, 9.17) is 0 Å². The zero-order valence-corrected chi connectivity index (χ0v) is 13.7. The van der Waals surface area contributed by atoms with E-state index in [0.29, 0.717) is 10.8 Å². The van der Waals surface area contributed by atoms with E-state index in [0.717, 1.165) is 4.88 Å². The molecule has 0 unspecified atom stereocenters. The molecule has 24 heavy (non-hydrogen) atoms. The van der Waals surface area contributed by atoms with Crippen LogP contribution in [0.15, 0.2) is 41.3 Å². The number of para-hydroxylation sites is 1. The van der Waals surface area contributed by atoms with Crippen LogP contribution in [0.3, 0.4) is 0 Å². The minimum Gasteiger partial charge on any atom is -0.296 e. The average molecular weight is 344 g/mol. The first-order valence-corrected chi connectivity index (χ1v) is 7.87. The number of aryl methyl sites for hydroxylation is 2. The quantitative estimate of drug-likeness (QED) is 0.792. The van der Waals surface area contributed by atoms with Gasteiger partial charge in [0.2, 0.25) is 5.43 Å². The third kappa shape index (κ3) is 3.09. The lowest BCUT2D eigenvalue weighted by atomic mass is 10.2. The standard InChI is InChI=1S/C16H13FN4O2S/c1-9-7-13(22)14(15(23)19-16-18-8-10(2)24-16)20-21(9)12-6-4-3-5-11(12)17/h3-8H,1-2H3,(H,18,19,23). The minimum atomic E-state index is -0.681. The number of carbonyl (C=O) groups is 1. The van der Waals surface area contributed by atoms with Gasteiger partial charge in [-0.2, -0.15) is 5.10 Å². The molecule has 1 amide bonds. The molecule has 8 heteroatoms. The van der Waals surface area contributed by atoms with Crippen molar-refractivity contribution in [2.24, 2.45) is 0 Å². The number of nitrogens with zero attached hydrogens (tertiary/aromatic N) is 3. The highest BCUT2D eigenvalue weighted by molar-refractivity contribution is 7.15. The van der Waals surface area contributed by atoms with Gasteiger partial charge in [0.25, 0.3) is 5.91 Å². The summed E-state index contributed by atoms with van der Waals surface area (Å²) in [7, 11) is 0. The molecule has 0 saturated heterocycles. The molecule has 0 radical (unpaired) electrons. The number of anilines is 1. The van der Waals surface area contributed by atoms with Gasteiger partial charge in [-0.15, -0.1) is 11.3 Å². The van der Waals surface area contributed by atoms with Crippen molar-refractivity contribution in [2.75, 3.05) is 5.32 Å². The summed E-state index contributed by atoms with van der Waals surface area (Å²) in [5.41, 5.74) is -0.275. The molecular formula is C16H13FN4O2S. The molecular weight excluding hydrogens is 331 g/mol. The lowest BCUT2D eigenvalue weighted by molar-refractivity contribution is 0.101. The first-order valence-electron chi connectivity index (χ1n) is 7.05. The SMILES string of the molecule is Cc1cnc(NC(=O)c2nn(-c3ccccc3F)c(C)cc2=O)s1. The van der Waals surface area contributed by atoms with E-state index >= 15 is 0 Å². The third-order valence-electron chi connectivity index (χ3n) is 3.24. The molecule has 0 spiro atoms. The molecule has 0 bridgehead atoms. The van der Waals surface area contributed by atoms with Crippen molar-refractivity contribution in [3.8, 4) is 5.69 Å². The molecule has 2 aromatic heterocycles. The van der Waals surface area contributed by atoms with Gasteiger partial charge in [0.1, 0.15) is 11.5 Å². The van der Waals surface area contributed by atoms with Crippen LogP contribution >= 0.6 is 11.3 Å². The summed E-state index contributed by atoms with van der Waals surface area (Å²) in [6.45, 7) is 3.47. The summed E-state index contributed by atoms with van der Waals surface area (Å²) in [4.78, 5) is 29.3. The molecule has 0 saturated carbocycles. The van der Waals surface area contributed by atoms with Gasteiger partial charge < -0.3 is 0 Å². The van der Waals surface area contributed by atoms with Crippen LogP contribution in [0.1, 0.15) is 21.1 Å². The Hall–Kier alpha value is -2.87. The highest BCUT2D eigenvalue weighted by Crippen LogP contribution is 2.17. The second-order valence-corrected chi connectivity index (χ2v) is 6.33. The summed E-state index contributed by atoms with van der Waals surface area (Å²) in [5, 5.41) is 6.94. The van der Waals surface area contributed by atoms with Crippen LogP contribution in [0, 0.1) is 19.7 Å². The van der Waals surface area contributed by atoms with Gasteiger partial charge in [-0.25, -0.2) is 14.1 Å². The fraction of sp³-hybridized carbons (Fsp3) is 0.125. The Bertz CT molecular complexity index is 980. The van der Waals surface area contributed by atoms with Crippen molar-refractivity contribution in [3.05, 3.63) is 68.8 Å². The van der Waals surface area contributed by atoms with Crippen LogP contribution in [0.5, 0.6) is 0 Å². The number of hydrogen-bond donors (Lipinski definition) is 1. The van der Waals surface area contributed by atoms with Crippen LogP contribution in [-0.2, 0) is 0 Å². The molecule has 0 fully saturated rings. The van der Waals surface area contributed by atoms with E-state index < -0.39 is 17.2 Å². The topological polar surface area (TPSA) is 76.9 Å². The van der Waals surface area contributed by atoms with E-state index in [9.17, 15) is 14.0 Å². The second-order valence-electron chi connectivity index (χ2n) is 5.09. The second kappa shape index (κ2) is 6.32. The first-order chi connectivity index (χ1) is 11.5. The number of aromatic nitrogens is 3. The van der Waals surface area contributed by atoms with Crippen molar-refractivity contribution in [1.82, 2.24) is 14.8 Å². The highest BCUT2D eigenvalue weighted by Gasteiger charge is 2.17. The summed E-state index contributed by atoms with van der Waals surface area (Å²) in [6.07, 6.45) is 1.61. The Balaban J connectivity index is 2.03. The van der Waals surface area contributed by atoms with Crippen LogP contribution in [0.25, 0.3) is 5.69 Å². The molecule has 3 aromatic rings. The zero-order chi connectivity index (χ0) is 17.3. The third-order valence-corrected chi connectivity index (χ3v) is 4.07. The predicted octanol–water partition coefficient (Wildman–Crippen LogP) is 2.70. The first kappa shape index (κ1) is 16.0. The van der Waals surface area contributed by atoms with Gasteiger partial charge in [-0.05, 0) is 26.0 Å². The van der Waals surface area contributed by atoms with Crippen LogP contribution in [-0.4, -0.2) is 20.7 Å². The normalized spacial score (nSPS) is 10.6. The molecule has 0 aliphatic carbocycles. The largest absolute Gasteiger partial charge is 0.296 e. The summed E-state index contributed by atoms with van der Waals surface area (Å²) in [6, 6.07) is 7.25. The summed E-state index contributed by atoms with van der Waals surface area (Å²) in [5.74, 6) is -1.18. The molecule has 3 rings (SSSR count). The van der Waals surface area contributed by atoms with Crippen molar-refractivity contribution in [2.45, 2.75) is 13.8 Å². The maximum Gasteiger partial charge on any atom is 0.281 e. The molecule has 122 valence electrons. The number of rotatable bonds is 3. The number of hydrogen-bond acceptors (Lipinski definition) is 5. The monoisotopic (exact) mass is 344 g/mol. The summed E-state index contributed by atoms with van der Waals surface area (Å²) >= 11 is 1.28. The number of benzene rings is 1. The van der Waals surface area contributed by atoms with E-state index in [1.807, 2.05) is 6.92 Å². The minimum absolute atomic E-state index is 0.161. The molecule has 0 aliphatic rings. The Kier molecular flexibility index (Phi) is 4.22. The van der Waals surface area contributed by atoms with Gasteiger partial charge in [-0.1, -0.05) is 12.1 Å². The van der Waals surface area contributed by atoms with E-state index in [-0.39, 0.29) is 11.4 Å². The Labute approximate surface area is 140 Å². The van der Waals surface area contributed by atoms with E-state index in [1.54, 1.807) is 25.3 Å². The average Bonchev–Trinajstić information content (AvgIpc) is 2.93. The molecule has 6 nitrogen and oxygen atoms in total. The van der Waals surface area contributed by atoms with Crippen molar-refractivity contribution in [3.63, 3.8) is 0 Å². The van der Waals surface area contributed by atoms with Crippen molar-refractivity contribution < 1.29 is 9.18 Å². The number of carbonyl (C=O) groups excluding carboxylic acids is 1. The van der Waals surface area contributed by atoms with Gasteiger partial charge in [0, 0.05) is 22.8 Å². The molecule has 1 aromatic carbocycles. The Morgan fingerprint density at radius 1 is 1.29 bits per heavy atom. The van der Waals surface area contributed by atoms with Gasteiger partial charge >= 0.3 is 0 Å². The van der Waals surface area contributed by atoms with Gasteiger partial charge in [0.15, 0.2) is 10.8 Å². The van der Waals surface area contributed by atoms with Crippen molar-refractivity contribution in [1.29, 1.82) is 0 Å². The fourth-order valence-corrected chi connectivity index (χ4v) is 2.80. The molecule has 1 N–H and O–H groups in total. The van der Waals surface area contributed by atoms with Crippen molar-refractivity contribution >= 4 is 22.4 Å². The fourth-order valence-electron chi connectivity index (χ4n) is 2.14. The number of halogens is 1. The number of thiazole rings is 1. The molecule has 0 aliphatic heterocycles. The smallest absolute Gasteiger partial charge is 0.281 e. The zero-order valence-electron chi connectivity index (χ0n) is 12.9. The van der Waals surface area contributed by atoms with Crippen LogP contribution in [0.4, 0.5) is 9.52 Å². The lowest BCUT2D eigenvalue weighted by Crippen LogP contribution is -2.27. The van der Waals surface area contributed by atoms with Gasteiger partial charge in [0.05, 0.1) is 0 Å². The van der Waals surface area contributed by atoms with Gasteiger partial charge in [-0.3, -0.25) is 14.9 Å².